The SMILES string of the molecule is Cc1nc(Nc2cccc(Cl)c2C)cc(C(=O)N2CCN(C)CC2)n1. The summed E-state index contributed by atoms with van der Waals surface area (Å²) in [6, 6.07) is 7.35. The number of hydrogen-bond donors (Lipinski definition) is 1. The fourth-order valence-corrected chi connectivity index (χ4v) is 2.97. The zero-order chi connectivity index (χ0) is 18.0. The molecule has 0 atom stereocenters. The second kappa shape index (κ2) is 7.37. The van der Waals surface area contributed by atoms with Gasteiger partial charge in [-0.05, 0) is 38.6 Å². The van der Waals surface area contributed by atoms with Gasteiger partial charge >= 0.3 is 0 Å². The summed E-state index contributed by atoms with van der Waals surface area (Å²) in [6.07, 6.45) is 0. The van der Waals surface area contributed by atoms with Crippen molar-refractivity contribution >= 4 is 29.0 Å². The molecule has 2 heterocycles. The molecule has 3 rings (SSSR count). The van der Waals surface area contributed by atoms with Crippen molar-refractivity contribution in [3.8, 4) is 0 Å². The maximum atomic E-state index is 12.8. The van der Waals surface area contributed by atoms with Crippen LogP contribution in [0, 0.1) is 13.8 Å². The molecule has 1 aromatic carbocycles. The number of aromatic nitrogens is 2. The van der Waals surface area contributed by atoms with Gasteiger partial charge in [0.2, 0.25) is 0 Å². The van der Waals surface area contributed by atoms with Crippen molar-refractivity contribution in [1.82, 2.24) is 19.8 Å². The molecular weight excluding hydrogens is 338 g/mol. The topological polar surface area (TPSA) is 61.4 Å². The highest BCUT2D eigenvalue weighted by Crippen LogP contribution is 2.25. The van der Waals surface area contributed by atoms with Gasteiger partial charge in [0, 0.05) is 43.0 Å². The molecule has 132 valence electrons. The molecule has 0 unspecified atom stereocenters. The van der Waals surface area contributed by atoms with E-state index in [1.54, 1.807) is 13.0 Å². The minimum atomic E-state index is -0.0514. The van der Waals surface area contributed by atoms with Crippen LogP contribution >= 0.6 is 11.6 Å². The van der Waals surface area contributed by atoms with Crippen molar-refractivity contribution < 1.29 is 4.79 Å². The van der Waals surface area contributed by atoms with Crippen LogP contribution < -0.4 is 5.32 Å². The number of aryl methyl sites for hydroxylation is 1. The van der Waals surface area contributed by atoms with Crippen molar-refractivity contribution in [2.45, 2.75) is 13.8 Å². The van der Waals surface area contributed by atoms with E-state index in [1.165, 1.54) is 0 Å². The Bertz CT molecular complexity index is 787. The van der Waals surface area contributed by atoms with Gasteiger partial charge in [-0.25, -0.2) is 9.97 Å². The Morgan fingerprint density at radius 3 is 2.60 bits per heavy atom. The molecule has 2 aromatic rings. The normalized spacial score (nSPS) is 15.3. The third kappa shape index (κ3) is 4.08. The number of carbonyl (C=O) groups is 1. The first-order valence-corrected chi connectivity index (χ1v) is 8.67. The van der Waals surface area contributed by atoms with Crippen LogP contribution in [0.2, 0.25) is 5.02 Å². The number of benzene rings is 1. The first kappa shape index (κ1) is 17.6. The zero-order valence-corrected chi connectivity index (χ0v) is 15.5. The molecule has 0 spiro atoms. The van der Waals surface area contributed by atoms with Gasteiger partial charge < -0.3 is 15.1 Å². The maximum absolute atomic E-state index is 12.8. The summed E-state index contributed by atoms with van der Waals surface area (Å²) in [5, 5.41) is 3.93. The summed E-state index contributed by atoms with van der Waals surface area (Å²) < 4.78 is 0. The van der Waals surface area contributed by atoms with Gasteiger partial charge in [-0.3, -0.25) is 4.79 Å². The molecule has 0 bridgehead atoms. The third-order valence-corrected chi connectivity index (χ3v) is 4.79. The standard InChI is InChI=1S/C18H22ClN5O/c1-12-14(19)5-4-6-15(12)22-17-11-16(20-13(2)21-17)18(25)24-9-7-23(3)8-10-24/h4-6,11H,7-10H2,1-3H3,(H,20,21,22). The largest absolute Gasteiger partial charge is 0.340 e. The predicted octanol–water partition coefficient (Wildman–Crippen LogP) is 2.88. The van der Waals surface area contributed by atoms with Gasteiger partial charge in [0.25, 0.3) is 5.91 Å². The molecular formula is C18H22ClN5O. The lowest BCUT2D eigenvalue weighted by molar-refractivity contribution is 0.0658. The molecule has 1 fully saturated rings. The fraction of sp³-hybridized carbons (Fsp3) is 0.389. The maximum Gasteiger partial charge on any atom is 0.272 e. The highest BCUT2D eigenvalue weighted by atomic mass is 35.5. The zero-order valence-electron chi connectivity index (χ0n) is 14.7. The van der Waals surface area contributed by atoms with Crippen molar-refractivity contribution in [1.29, 1.82) is 0 Å². The summed E-state index contributed by atoms with van der Waals surface area (Å²) in [4.78, 5) is 25.5. The number of hydrogen-bond acceptors (Lipinski definition) is 5. The molecule has 1 aliphatic heterocycles. The van der Waals surface area contributed by atoms with Crippen molar-refractivity contribution in [3.63, 3.8) is 0 Å². The number of piperazine rings is 1. The number of halogens is 1. The highest BCUT2D eigenvalue weighted by Gasteiger charge is 2.22. The van der Waals surface area contributed by atoms with E-state index < -0.39 is 0 Å². The van der Waals surface area contributed by atoms with E-state index in [0.717, 1.165) is 24.3 Å². The summed E-state index contributed by atoms with van der Waals surface area (Å²) in [5.41, 5.74) is 2.22. The third-order valence-electron chi connectivity index (χ3n) is 4.38. The lowest BCUT2D eigenvalue weighted by atomic mass is 10.2. The number of nitrogens with one attached hydrogen (secondary N) is 1. The Morgan fingerprint density at radius 1 is 1.16 bits per heavy atom. The van der Waals surface area contributed by atoms with E-state index in [0.29, 0.717) is 35.4 Å². The Hall–Kier alpha value is -2.18. The van der Waals surface area contributed by atoms with Gasteiger partial charge in [-0.2, -0.15) is 0 Å². The molecule has 1 N–H and O–H groups in total. The minimum absolute atomic E-state index is 0.0514. The van der Waals surface area contributed by atoms with Gasteiger partial charge in [-0.1, -0.05) is 17.7 Å². The van der Waals surface area contributed by atoms with Crippen LogP contribution in [-0.2, 0) is 0 Å². The molecule has 0 saturated carbocycles. The van der Waals surface area contributed by atoms with Gasteiger partial charge in [-0.15, -0.1) is 0 Å². The second-order valence-electron chi connectivity index (χ2n) is 6.32. The van der Waals surface area contributed by atoms with E-state index in [2.05, 4.69) is 27.2 Å². The van der Waals surface area contributed by atoms with Gasteiger partial charge in [0.05, 0.1) is 0 Å². The summed E-state index contributed by atoms with van der Waals surface area (Å²) in [7, 11) is 2.06. The van der Waals surface area contributed by atoms with E-state index in [9.17, 15) is 4.79 Å². The monoisotopic (exact) mass is 359 g/mol. The van der Waals surface area contributed by atoms with Crippen molar-refractivity contribution in [3.05, 3.63) is 46.4 Å². The molecule has 1 aromatic heterocycles. The van der Waals surface area contributed by atoms with E-state index in [4.69, 9.17) is 11.6 Å². The average molecular weight is 360 g/mol. The van der Waals surface area contributed by atoms with Gasteiger partial charge in [0.1, 0.15) is 17.3 Å². The molecule has 25 heavy (non-hydrogen) atoms. The number of likely N-dealkylation sites (N-methyl/N-ethyl adjacent to an activating group) is 1. The number of nitrogens with zero attached hydrogens (tertiary/aromatic N) is 4. The molecule has 1 saturated heterocycles. The fourth-order valence-electron chi connectivity index (χ4n) is 2.79. The van der Waals surface area contributed by atoms with E-state index in [1.807, 2.05) is 30.0 Å². The number of rotatable bonds is 3. The number of carbonyl (C=O) groups excluding carboxylic acids is 1. The van der Waals surface area contributed by atoms with E-state index >= 15 is 0 Å². The predicted molar refractivity (Wildman–Crippen MR) is 99.6 cm³/mol. The molecule has 6 nitrogen and oxygen atoms in total. The van der Waals surface area contributed by atoms with Crippen molar-refractivity contribution in [2.24, 2.45) is 0 Å². The summed E-state index contributed by atoms with van der Waals surface area (Å²) in [6.45, 7) is 6.92. The van der Waals surface area contributed by atoms with Crippen LogP contribution in [-0.4, -0.2) is 58.9 Å². The van der Waals surface area contributed by atoms with Crippen LogP contribution in [0.15, 0.2) is 24.3 Å². The van der Waals surface area contributed by atoms with Crippen LogP contribution in [0.5, 0.6) is 0 Å². The number of amides is 1. The Kier molecular flexibility index (Phi) is 5.20. The lowest BCUT2D eigenvalue weighted by Crippen LogP contribution is -2.47. The first-order valence-electron chi connectivity index (χ1n) is 8.29. The van der Waals surface area contributed by atoms with Crippen LogP contribution in [0.3, 0.4) is 0 Å². The molecule has 7 heteroatoms. The van der Waals surface area contributed by atoms with Crippen molar-refractivity contribution in [2.75, 3.05) is 38.5 Å². The Morgan fingerprint density at radius 2 is 1.88 bits per heavy atom. The van der Waals surface area contributed by atoms with Crippen LogP contribution in [0.25, 0.3) is 0 Å². The second-order valence-corrected chi connectivity index (χ2v) is 6.73. The van der Waals surface area contributed by atoms with Crippen LogP contribution in [0.4, 0.5) is 11.5 Å². The Balaban J connectivity index is 1.83. The average Bonchev–Trinajstić information content (AvgIpc) is 2.58. The lowest BCUT2D eigenvalue weighted by Gasteiger charge is -2.32. The summed E-state index contributed by atoms with van der Waals surface area (Å²) >= 11 is 6.17. The molecule has 0 radical (unpaired) electrons. The van der Waals surface area contributed by atoms with Crippen LogP contribution in [0.1, 0.15) is 21.9 Å². The Labute approximate surface area is 152 Å². The van der Waals surface area contributed by atoms with Gasteiger partial charge in [0.15, 0.2) is 0 Å². The molecule has 1 amide bonds. The minimum Gasteiger partial charge on any atom is -0.340 e. The smallest absolute Gasteiger partial charge is 0.272 e. The van der Waals surface area contributed by atoms with E-state index in [-0.39, 0.29) is 5.91 Å². The summed E-state index contributed by atoms with van der Waals surface area (Å²) in [5.74, 6) is 1.10. The molecule has 0 aliphatic carbocycles. The molecule has 1 aliphatic rings. The quantitative estimate of drug-likeness (QED) is 0.913. The highest BCUT2D eigenvalue weighted by molar-refractivity contribution is 6.31. The number of anilines is 2. The first-order chi connectivity index (χ1) is 11.9.